The van der Waals surface area contributed by atoms with Crippen molar-refractivity contribution in [3.05, 3.63) is 64.4 Å². The molecule has 158 valence electrons. The number of benzene rings is 2. The highest BCUT2D eigenvalue weighted by Gasteiger charge is 2.20. The Morgan fingerprint density at radius 1 is 1.20 bits per heavy atom. The van der Waals surface area contributed by atoms with E-state index in [2.05, 4.69) is 21.6 Å². The quantitative estimate of drug-likeness (QED) is 0.468. The van der Waals surface area contributed by atoms with Crippen LogP contribution in [0.25, 0.3) is 0 Å². The average molecular weight is 445 g/mol. The number of ether oxygens (including phenoxy) is 1. The molecule has 6 nitrogen and oxygen atoms in total. The Labute approximate surface area is 186 Å². The number of rotatable bonds is 8. The largest absolute Gasteiger partial charge is 0.481 e. The maximum absolute atomic E-state index is 12.4. The summed E-state index contributed by atoms with van der Waals surface area (Å²) in [7, 11) is 0. The summed E-state index contributed by atoms with van der Waals surface area (Å²) < 4.78 is 7.92. The molecular formula is C22H25ClN4O2S. The molecule has 0 saturated heterocycles. The number of carbonyl (C=O) groups is 1. The SMILES string of the molecule is CCn1c(SCC(=O)Nc2cc(C)cc(C)c2)nnc1[C@@H](C)Oc1ccccc1Cl. The van der Waals surface area contributed by atoms with Gasteiger partial charge in [-0.05, 0) is 63.1 Å². The molecule has 1 amide bonds. The van der Waals surface area contributed by atoms with E-state index >= 15 is 0 Å². The number of hydrogen-bond donors (Lipinski definition) is 1. The first-order valence-corrected chi connectivity index (χ1v) is 11.1. The third-order valence-corrected chi connectivity index (χ3v) is 5.68. The summed E-state index contributed by atoms with van der Waals surface area (Å²) in [4.78, 5) is 12.4. The van der Waals surface area contributed by atoms with Crippen molar-refractivity contribution in [2.75, 3.05) is 11.1 Å². The van der Waals surface area contributed by atoms with Crippen molar-refractivity contribution in [2.45, 2.75) is 45.5 Å². The van der Waals surface area contributed by atoms with E-state index in [9.17, 15) is 4.79 Å². The average Bonchev–Trinajstić information content (AvgIpc) is 3.10. The Morgan fingerprint density at radius 2 is 1.90 bits per heavy atom. The molecule has 0 saturated carbocycles. The number of para-hydroxylation sites is 1. The van der Waals surface area contributed by atoms with Gasteiger partial charge < -0.3 is 14.6 Å². The van der Waals surface area contributed by atoms with Gasteiger partial charge in [-0.1, -0.05) is 41.6 Å². The molecule has 1 heterocycles. The van der Waals surface area contributed by atoms with Crippen LogP contribution in [0, 0.1) is 13.8 Å². The molecule has 2 aromatic carbocycles. The normalized spacial score (nSPS) is 11.9. The summed E-state index contributed by atoms with van der Waals surface area (Å²) in [6, 6.07) is 13.3. The van der Waals surface area contributed by atoms with Gasteiger partial charge in [0.2, 0.25) is 5.91 Å². The van der Waals surface area contributed by atoms with E-state index < -0.39 is 0 Å². The van der Waals surface area contributed by atoms with Crippen molar-refractivity contribution in [1.29, 1.82) is 0 Å². The lowest BCUT2D eigenvalue weighted by atomic mass is 10.1. The monoisotopic (exact) mass is 444 g/mol. The van der Waals surface area contributed by atoms with Crippen LogP contribution in [0.15, 0.2) is 47.6 Å². The van der Waals surface area contributed by atoms with Crippen LogP contribution >= 0.6 is 23.4 Å². The number of hydrogen-bond acceptors (Lipinski definition) is 5. The number of amides is 1. The van der Waals surface area contributed by atoms with Crippen molar-refractivity contribution >= 4 is 35.0 Å². The van der Waals surface area contributed by atoms with Crippen molar-refractivity contribution in [3.8, 4) is 5.75 Å². The molecule has 0 radical (unpaired) electrons. The molecule has 0 fully saturated rings. The smallest absolute Gasteiger partial charge is 0.234 e. The molecule has 0 spiro atoms. The predicted molar refractivity (Wildman–Crippen MR) is 121 cm³/mol. The first-order chi connectivity index (χ1) is 14.4. The Balaban J connectivity index is 1.65. The summed E-state index contributed by atoms with van der Waals surface area (Å²) >= 11 is 7.54. The van der Waals surface area contributed by atoms with Gasteiger partial charge in [0.15, 0.2) is 17.1 Å². The minimum absolute atomic E-state index is 0.0856. The van der Waals surface area contributed by atoms with E-state index in [1.54, 1.807) is 6.07 Å². The molecule has 0 aliphatic heterocycles. The third-order valence-electron chi connectivity index (χ3n) is 4.40. The lowest BCUT2D eigenvalue weighted by Gasteiger charge is -2.16. The zero-order chi connectivity index (χ0) is 21.7. The number of aryl methyl sites for hydroxylation is 2. The van der Waals surface area contributed by atoms with Gasteiger partial charge in [-0.3, -0.25) is 4.79 Å². The second-order valence-corrected chi connectivity index (χ2v) is 8.34. The minimum atomic E-state index is -0.337. The van der Waals surface area contributed by atoms with Crippen LogP contribution in [0.3, 0.4) is 0 Å². The second kappa shape index (κ2) is 10.00. The summed E-state index contributed by atoms with van der Waals surface area (Å²) in [5.74, 6) is 1.44. The fourth-order valence-corrected chi connectivity index (χ4v) is 4.15. The molecule has 0 aliphatic rings. The zero-order valence-corrected chi connectivity index (χ0v) is 19.0. The van der Waals surface area contributed by atoms with Gasteiger partial charge in [-0.15, -0.1) is 10.2 Å². The van der Waals surface area contributed by atoms with Crippen LogP contribution in [0.2, 0.25) is 5.02 Å². The van der Waals surface area contributed by atoms with E-state index in [0.29, 0.717) is 28.3 Å². The third kappa shape index (κ3) is 5.55. The summed E-state index contributed by atoms with van der Waals surface area (Å²) in [5, 5.41) is 12.7. The lowest BCUT2D eigenvalue weighted by molar-refractivity contribution is -0.113. The Morgan fingerprint density at radius 3 is 2.57 bits per heavy atom. The maximum atomic E-state index is 12.4. The van der Waals surface area contributed by atoms with Crippen LogP contribution in [-0.2, 0) is 11.3 Å². The molecule has 3 aromatic rings. The minimum Gasteiger partial charge on any atom is -0.481 e. The van der Waals surface area contributed by atoms with Gasteiger partial charge in [-0.25, -0.2) is 0 Å². The van der Waals surface area contributed by atoms with Crippen LogP contribution < -0.4 is 10.1 Å². The van der Waals surface area contributed by atoms with Crippen LogP contribution in [0.5, 0.6) is 5.75 Å². The van der Waals surface area contributed by atoms with E-state index in [0.717, 1.165) is 16.8 Å². The van der Waals surface area contributed by atoms with Crippen molar-refractivity contribution in [2.24, 2.45) is 0 Å². The molecule has 1 aromatic heterocycles. The Hall–Kier alpha value is -2.51. The molecule has 1 atom stereocenters. The lowest BCUT2D eigenvalue weighted by Crippen LogP contribution is -2.15. The zero-order valence-electron chi connectivity index (χ0n) is 17.5. The predicted octanol–water partition coefficient (Wildman–Crippen LogP) is 5.44. The van der Waals surface area contributed by atoms with Gasteiger partial charge in [0.25, 0.3) is 0 Å². The van der Waals surface area contributed by atoms with Crippen LogP contribution in [-0.4, -0.2) is 26.4 Å². The fraction of sp³-hybridized carbons (Fsp3) is 0.318. The van der Waals surface area contributed by atoms with E-state index in [-0.39, 0.29) is 17.8 Å². The van der Waals surface area contributed by atoms with Gasteiger partial charge in [-0.2, -0.15) is 0 Å². The first kappa shape index (κ1) is 22.2. The van der Waals surface area contributed by atoms with E-state index in [4.69, 9.17) is 16.3 Å². The summed E-state index contributed by atoms with van der Waals surface area (Å²) in [6.07, 6.45) is -0.337. The number of aromatic nitrogens is 3. The molecule has 3 rings (SSSR count). The van der Waals surface area contributed by atoms with Crippen LogP contribution in [0.4, 0.5) is 5.69 Å². The number of halogens is 1. The molecule has 30 heavy (non-hydrogen) atoms. The highest BCUT2D eigenvalue weighted by Crippen LogP contribution is 2.29. The second-order valence-electron chi connectivity index (χ2n) is 6.99. The molecule has 0 bridgehead atoms. The molecular weight excluding hydrogens is 420 g/mol. The van der Waals surface area contributed by atoms with E-state index in [1.807, 2.05) is 62.6 Å². The van der Waals surface area contributed by atoms with Gasteiger partial charge >= 0.3 is 0 Å². The maximum Gasteiger partial charge on any atom is 0.234 e. The molecule has 1 N–H and O–H groups in total. The summed E-state index contributed by atoms with van der Waals surface area (Å²) in [5.41, 5.74) is 3.03. The van der Waals surface area contributed by atoms with Crippen molar-refractivity contribution in [3.63, 3.8) is 0 Å². The highest BCUT2D eigenvalue weighted by molar-refractivity contribution is 7.99. The Bertz CT molecular complexity index is 1020. The molecule has 0 aliphatic carbocycles. The van der Waals surface area contributed by atoms with E-state index in [1.165, 1.54) is 11.8 Å². The summed E-state index contributed by atoms with van der Waals surface area (Å²) in [6.45, 7) is 8.60. The number of thioether (sulfide) groups is 1. The number of nitrogens with zero attached hydrogens (tertiary/aromatic N) is 3. The van der Waals surface area contributed by atoms with Crippen molar-refractivity contribution < 1.29 is 9.53 Å². The van der Waals surface area contributed by atoms with Crippen molar-refractivity contribution in [1.82, 2.24) is 14.8 Å². The van der Waals surface area contributed by atoms with Gasteiger partial charge in [0.05, 0.1) is 10.8 Å². The Kier molecular flexibility index (Phi) is 7.39. The highest BCUT2D eigenvalue weighted by atomic mass is 35.5. The number of carbonyl (C=O) groups excluding carboxylic acids is 1. The number of anilines is 1. The van der Waals surface area contributed by atoms with Crippen LogP contribution in [0.1, 0.15) is 36.9 Å². The molecule has 8 heteroatoms. The fourth-order valence-electron chi connectivity index (χ4n) is 3.16. The number of nitrogens with one attached hydrogen (secondary N) is 1. The standard InChI is InChI=1S/C22H25ClN4O2S/c1-5-27-21(16(4)29-19-9-7-6-8-18(19)23)25-26-22(27)30-13-20(28)24-17-11-14(2)10-15(3)12-17/h6-12,16H,5,13H2,1-4H3,(H,24,28)/t16-/m1/s1. The topological polar surface area (TPSA) is 69.0 Å². The molecule has 0 unspecified atom stereocenters. The van der Waals surface area contributed by atoms with Gasteiger partial charge in [0, 0.05) is 12.2 Å². The first-order valence-electron chi connectivity index (χ1n) is 9.72. The van der Waals surface area contributed by atoms with Gasteiger partial charge in [0.1, 0.15) is 5.75 Å².